The normalized spacial score (nSPS) is 14.2. The van der Waals surface area contributed by atoms with Crippen molar-refractivity contribution in [2.75, 3.05) is 4.90 Å². The first kappa shape index (κ1) is 33.7. The van der Waals surface area contributed by atoms with Crippen molar-refractivity contribution in [3.05, 3.63) is 229 Å². The van der Waals surface area contributed by atoms with Crippen LogP contribution in [0.1, 0.15) is 36.8 Å². The molecule has 0 aliphatic heterocycles. The highest BCUT2D eigenvalue weighted by Crippen LogP contribution is 2.39. The Labute approximate surface area is 329 Å². The van der Waals surface area contributed by atoms with Gasteiger partial charge in [0.2, 0.25) is 0 Å². The topological polar surface area (TPSA) is 8.17 Å². The van der Waals surface area contributed by atoms with Crippen molar-refractivity contribution >= 4 is 38.6 Å². The molecule has 0 fully saturated rings. The molecule has 268 valence electrons. The molecule has 0 saturated heterocycles. The predicted molar refractivity (Wildman–Crippen MR) is 238 cm³/mol. The second-order valence-electron chi connectivity index (χ2n) is 14.8. The van der Waals surface area contributed by atoms with E-state index in [4.69, 9.17) is 0 Å². The van der Waals surface area contributed by atoms with Crippen molar-refractivity contribution in [3.63, 3.8) is 0 Å². The van der Waals surface area contributed by atoms with Crippen molar-refractivity contribution in [2.45, 2.75) is 25.7 Å². The summed E-state index contributed by atoms with van der Waals surface area (Å²) in [6.07, 6.45) is 13.4. The Morgan fingerprint density at radius 3 is 1.43 bits per heavy atom. The van der Waals surface area contributed by atoms with Gasteiger partial charge in [-0.2, -0.15) is 0 Å². The summed E-state index contributed by atoms with van der Waals surface area (Å²) in [5.74, 6) is 0. The first-order valence-corrected chi connectivity index (χ1v) is 19.8. The molecule has 2 aliphatic rings. The summed E-state index contributed by atoms with van der Waals surface area (Å²) in [4.78, 5) is 2.51. The zero-order chi connectivity index (χ0) is 37.3. The van der Waals surface area contributed by atoms with Gasteiger partial charge in [-0.15, -0.1) is 0 Å². The van der Waals surface area contributed by atoms with E-state index < -0.39 is 0 Å². The second-order valence-corrected chi connectivity index (χ2v) is 14.8. The molecule has 0 bridgehead atoms. The number of allylic oxidation sites excluding steroid dienone is 8. The molecule has 0 radical (unpaired) electrons. The van der Waals surface area contributed by atoms with Gasteiger partial charge in [-0.1, -0.05) is 152 Å². The van der Waals surface area contributed by atoms with Gasteiger partial charge in [-0.25, -0.2) is 0 Å². The maximum atomic E-state index is 2.51. The van der Waals surface area contributed by atoms with Crippen molar-refractivity contribution in [1.29, 1.82) is 0 Å². The fourth-order valence-electron chi connectivity index (χ4n) is 8.59. The van der Waals surface area contributed by atoms with Crippen LogP contribution in [0.2, 0.25) is 0 Å². The summed E-state index contributed by atoms with van der Waals surface area (Å²) in [6, 6.07) is 66.0. The maximum absolute atomic E-state index is 2.51. The Bertz CT molecular complexity index is 2800. The molecule has 8 aromatic rings. The molecule has 2 aliphatic carbocycles. The van der Waals surface area contributed by atoms with Crippen molar-refractivity contribution in [3.8, 4) is 27.9 Å². The number of nitrogens with zero attached hydrogens (tertiary/aromatic N) is 2. The summed E-state index contributed by atoms with van der Waals surface area (Å²) in [5, 5.41) is 2.55. The summed E-state index contributed by atoms with van der Waals surface area (Å²) in [5.41, 5.74) is 17.9. The van der Waals surface area contributed by atoms with Crippen LogP contribution in [0, 0.1) is 0 Å². The monoisotopic (exact) mass is 718 g/mol. The summed E-state index contributed by atoms with van der Waals surface area (Å²) in [7, 11) is 0. The summed E-state index contributed by atoms with van der Waals surface area (Å²) in [6.45, 7) is 0. The fraction of sp³-hybridized carbons (Fsp3) is 0.0741. The van der Waals surface area contributed by atoms with Gasteiger partial charge < -0.3 is 9.47 Å². The van der Waals surface area contributed by atoms with Gasteiger partial charge in [0.05, 0.1) is 11.0 Å². The number of aromatic nitrogens is 1. The molecule has 0 N–H and O–H groups in total. The molecule has 2 heteroatoms. The van der Waals surface area contributed by atoms with E-state index in [9.17, 15) is 0 Å². The third kappa shape index (κ3) is 6.40. The number of fused-ring (bicyclic) bond motifs is 3. The van der Waals surface area contributed by atoms with E-state index in [1.165, 1.54) is 89.1 Å². The van der Waals surface area contributed by atoms with Crippen LogP contribution in [0.5, 0.6) is 0 Å². The third-order valence-corrected chi connectivity index (χ3v) is 11.5. The van der Waals surface area contributed by atoms with E-state index in [0.29, 0.717) is 0 Å². The molecule has 7 aromatic carbocycles. The Kier molecular flexibility index (Phi) is 8.85. The number of hydrogen-bond donors (Lipinski definition) is 0. The quantitative estimate of drug-likeness (QED) is 0.152. The van der Waals surface area contributed by atoms with Crippen LogP contribution in [0.15, 0.2) is 218 Å². The number of para-hydroxylation sites is 2. The molecule has 56 heavy (non-hydrogen) atoms. The molecule has 0 atom stereocenters. The largest absolute Gasteiger partial charge is 0.318 e. The smallest absolute Gasteiger partial charge is 0.0541 e. The maximum Gasteiger partial charge on any atom is 0.0541 e. The molecular weight excluding hydrogens is 677 g/mol. The molecule has 0 amide bonds. The van der Waals surface area contributed by atoms with Crippen LogP contribution < -0.4 is 4.90 Å². The van der Waals surface area contributed by atoms with Crippen molar-refractivity contribution < 1.29 is 0 Å². The van der Waals surface area contributed by atoms with Crippen LogP contribution >= 0.6 is 0 Å². The van der Waals surface area contributed by atoms with E-state index in [1.807, 2.05) is 0 Å². The molecule has 1 heterocycles. The number of anilines is 1. The minimum absolute atomic E-state index is 0.975. The van der Waals surface area contributed by atoms with Gasteiger partial charge in [-0.3, -0.25) is 0 Å². The minimum atomic E-state index is 0.975. The molecule has 10 rings (SSSR count). The van der Waals surface area contributed by atoms with Crippen LogP contribution in [-0.4, -0.2) is 4.57 Å². The zero-order valence-corrected chi connectivity index (χ0v) is 31.4. The Morgan fingerprint density at radius 1 is 0.339 bits per heavy atom. The van der Waals surface area contributed by atoms with Crippen LogP contribution in [-0.2, 0) is 0 Å². The van der Waals surface area contributed by atoms with E-state index in [0.717, 1.165) is 25.7 Å². The van der Waals surface area contributed by atoms with E-state index >= 15 is 0 Å². The Balaban J connectivity index is 0.949. The van der Waals surface area contributed by atoms with Crippen LogP contribution in [0.25, 0.3) is 60.9 Å². The highest BCUT2D eigenvalue weighted by Gasteiger charge is 2.22. The number of benzene rings is 7. The Morgan fingerprint density at radius 2 is 0.804 bits per heavy atom. The first-order valence-electron chi connectivity index (χ1n) is 19.8. The van der Waals surface area contributed by atoms with Gasteiger partial charge in [0, 0.05) is 33.5 Å². The van der Waals surface area contributed by atoms with Crippen LogP contribution in [0.4, 0.5) is 5.69 Å². The van der Waals surface area contributed by atoms with Gasteiger partial charge in [0.15, 0.2) is 0 Å². The van der Waals surface area contributed by atoms with E-state index in [1.54, 1.807) is 0 Å². The highest BCUT2D eigenvalue weighted by molar-refractivity contribution is 6.10. The highest BCUT2D eigenvalue weighted by atomic mass is 15.2. The summed E-state index contributed by atoms with van der Waals surface area (Å²) >= 11 is 0. The minimum Gasteiger partial charge on any atom is -0.318 e. The average molecular weight is 719 g/mol. The van der Waals surface area contributed by atoms with Gasteiger partial charge in [0.25, 0.3) is 0 Å². The lowest BCUT2D eigenvalue weighted by molar-refractivity contribution is 0.848. The lowest BCUT2D eigenvalue weighted by Crippen LogP contribution is -2.24. The molecular formula is C54H42N2. The van der Waals surface area contributed by atoms with Crippen molar-refractivity contribution in [2.24, 2.45) is 0 Å². The van der Waals surface area contributed by atoms with Crippen molar-refractivity contribution in [1.82, 2.24) is 4.57 Å². The third-order valence-electron chi connectivity index (χ3n) is 11.5. The summed E-state index contributed by atoms with van der Waals surface area (Å²) < 4.78 is 2.37. The van der Waals surface area contributed by atoms with Crippen LogP contribution in [0.3, 0.4) is 0 Å². The van der Waals surface area contributed by atoms with Gasteiger partial charge in [-0.05, 0) is 125 Å². The van der Waals surface area contributed by atoms with Gasteiger partial charge in [0.1, 0.15) is 0 Å². The molecule has 0 saturated carbocycles. The molecule has 1 aromatic heterocycles. The molecule has 2 nitrogen and oxygen atoms in total. The lowest BCUT2D eigenvalue weighted by atomic mass is 9.92. The zero-order valence-electron chi connectivity index (χ0n) is 31.4. The predicted octanol–water partition coefficient (Wildman–Crippen LogP) is 14.4. The molecule has 0 unspecified atom stereocenters. The SMILES string of the molecule is C1=C(c2ccccc2)CCC(N(C2=CC=C(c3ccc(-c4ccc5c(c4)c4ccccc4n5-c4ccccc4)cc3)CC2)c2ccc(-c3ccccc3)cc2)=C1. The van der Waals surface area contributed by atoms with E-state index in [2.05, 4.69) is 216 Å². The Hall–Kier alpha value is -6.90. The second kappa shape index (κ2) is 14.7. The van der Waals surface area contributed by atoms with Gasteiger partial charge >= 0.3 is 0 Å². The standard InChI is InChI=1S/C54H42N2/c1-4-12-39(13-5-1)42-24-31-48(32-25-42)55(49-33-26-43(27-34-49)40-14-6-2-7-15-40)50-35-28-44(29-36-50)41-20-22-45(23-21-41)46-30-37-54-52(38-46)51-18-10-11-19-53(51)56(54)47-16-8-3-9-17-47/h1-26,28,30-33,35,37-38H,27,29,34,36H2. The fourth-order valence-corrected chi connectivity index (χ4v) is 8.59. The van der Waals surface area contributed by atoms with E-state index in [-0.39, 0.29) is 0 Å². The number of rotatable bonds is 8. The lowest BCUT2D eigenvalue weighted by Gasteiger charge is -2.33. The number of hydrogen-bond acceptors (Lipinski definition) is 1. The average Bonchev–Trinajstić information content (AvgIpc) is 3.62. The molecule has 0 spiro atoms. The first-order chi connectivity index (χ1) is 27.8.